The number of nitrogens with two attached hydrogens (primary N) is 1. The molecule has 2 heterocycles. The summed E-state index contributed by atoms with van der Waals surface area (Å²) in [5.41, 5.74) is 5.27. The number of primary amides is 1. The highest BCUT2D eigenvalue weighted by atomic mass is 16.1. The van der Waals surface area contributed by atoms with E-state index >= 15 is 0 Å². The fourth-order valence-corrected chi connectivity index (χ4v) is 2.78. The van der Waals surface area contributed by atoms with Gasteiger partial charge in [0.05, 0.1) is 6.54 Å². The Kier molecular flexibility index (Phi) is 2.74. The summed E-state index contributed by atoms with van der Waals surface area (Å²) in [6.07, 6.45) is 3.65. The van der Waals surface area contributed by atoms with E-state index in [0.29, 0.717) is 18.6 Å². The zero-order valence-corrected chi connectivity index (χ0v) is 8.78. The van der Waals surface area contributed by atoms with Crippen LogP contribution in [0.1, 0.15) is 19.3 Å². The van der Waals surface area contributed by atoms with E-state index in [4.69, 9.17) is 5.73 Å². The fourth-order valence-electron chi connectivity index (χ4n) is 2.78. The van der Waals surface area contributed by atoms with Gasteiger partial charge in [0.15, 0.2) is 0 Å². The van der Waals surface area contributed by atoms with Crippen molar-refractivity contribution in [2.45, 2.75) is 31.3 Å². The van der Waals surface area contributed by atoms with Gasteiger partial charge in [0, 0.05) is 18.6 Å². The SMILES string of the molecule is CN1CCC2CCC(C1)N2CC(N)=O. The summed E-state index contributed by atoms with van der Waals surface area (Å²) in [4.78, 5) is 15.6. The van der Waals surface area contributed by atoms with Crippen LogP contribution in [0.15, 0.2) is 0 Å². The molecule has 2 fully saturated rings. The molecule has 0 saturated carbocycles. The first-order chi connectivity index (χ1) is 6.66. The van der Waals surface area contributed by atoms with Crippen LogP contribution >= 0.6 is 0 Å². The highest BCUT2D eigenvalue weighted by Gasteiger charge is 2.36. The second-order valence-corrected chi connectivity index (χ2v) is 4.57. The van der Waals surface area contributed by atoms with Gasteiger partial charge < -0.3 is 10.6 Å². The number of carbonyl (C=O) groups excluding carboxylic acids is 1. The molecule has 0 spiro atoms. The first-order valence-corrected chi connectivity index (χ1v) is 5.39. The summed E-state index contributed by atoms with van der Waals surface area (Å²) in [6, 6.07) is 1.15. The molecule has 14 heavy (non-hydrogen) atoms. The van der Waals surface area contributed by atoms with E-state index in [-0.39, 0.29) is 5.91 Å². The zero-order chi connectivity index (χ0) is 10.1. The quantitative estimate of drug-likeness (QED) is 0.657. The smallest absolute Gasteiger partial charge is 0.231 e. The number of amides is 1. The van der Waals surface area contributed by atoms with Crippen LogP contribution in [0.5, 0.6) is 0 Å². The van der Waals surface area contributed by atoms with E-state index in [0.717, 1.165) is 13.1 Å². The molecular weight excluding hydrogens is 178 g/mol. The Morgan fingerprint density at radius 1 is 1.36 bits per heavy atom. The summed E-state index contributed by atoms with van der Waals surface area (Å²) in [5, 5.41) is 0. The highest BCUT2D eigenvalue weighted by Crippen LogP contribution is 2.29. The molecule has 2 bridgehead atoms. The third kappa shape index (κ3) is 1.91. The van der Waals surface area contributed by atoms with Gasteiger partial charge in [0.2, 0.25) is 5.91 Å². The predicted molar refractivity (Wildman–Crippen MR) is 54.8 cm³/mol. The normalized spacial score (nSPS) is 34.4. The maximum absolute atomic E-state index is 10.9. The van der Waals surface area contributed by atoms with Gasteiger partial charge in [-0.3, -0.25) is 9.69 Å². The lowest BCUT2D eigenvalue weighted by Gasteiger charge is -2.26. The number of fused-ring (bicyclic) bond motifs is 2. The lowest BCUT2D eigenvalue weighted by atomic mass is 10.1. The van der Waals surface area contributed by atoms with Gasteiger partial charge in [0.1, 0.15) is 0 Å². The van der Waals surface area contributed by atoms with Crippen molar-refractivity contribution in [1.82, 2.24) is 9.80 Å². The van der Waals surface area contributed by atoms with Gasteiger partial charge in [-0.15, -0.1) is 0 Å². The molecule has 0 aromatic heterocycles. The zero-order valence-electron chi connectivity index (χ0n) is 8.78. The van der Waals surface area contributed by atoms with Gasteiger partial charge in [-0.2, -0.15) is 0 Å². The third-order valence-corrected chi connectivity index (χ3v) is 3.48. The molecule has 0 radical (unpaired) electrons. The van der Waals surface area contributed by atoms with Crippen LogP contribution in [0.3, 0.4) is 0 Å². The second-order valence-electron chi connectivity index (χ2n) is 4.57. The molecule has 1 amide bonds. The lowest BCUT2D eigenvalue weighted by Crippen LogP contribution is -2.43. The Bertz CT molecular complexity index is 231. The number of hydrogen-bond donors (Lipinski definition) is 1. The number of hydrogen-bond acceptors (Lipinski definition) is 3. The highest BCUT2D eigenvalue weighted by molar-refractivity contribution is 5.76. The molecule has 2 saturated heterocycles. The van der Waals surface area contributed by atoms with Crippen molar-refractivity contribution >= 4 is 5.91 Å². The van der Waals surface area contributed by atoms with E-state index < -0.39 is 0 Å². The van der Waals surface area contributed by atoms with Crippen molar-refractivity contribution in [3.63, 3.8) is 0 Å². The average Bonchev–Trinajstić information content (AvgIpc) is 2.35. The Morgan fingerprint density at radius 2 is 2.07 bits per heavy atom. The second kappa shape index (κ2) is 3.87. The fraction of sp³-hybridized carbons (Fsp3) is 0.900. The summed E-state index contributed by atoms with van der Waals surface area (Å²) in [6.45, 7) is 2.68. The Labute approximate surface area is 85.0 Å². The van der Waals surface area contributed by atoms with Crippen LogP contribution in [0, 0.1) is 0 Å². The predicted octanol–water partition coefficient (Wildman–Crippen LogP) is -0.360. The van der Waals surface area contributed by atoms with Crippen molar-refractivity contribution in [2.24, 2.45) is 5.73 Å². The van der Waals surface area contributed by atoms with E-state index in [2.05, 4.69) is 16.8 Å². The van der Waals surface area contributed by atoms with Gasteiger partial charge in [-0.25, -0.2) is 0 Å². The largest absolute Gasteiger partial charge is 0.369 e. The Hall–Kier alpha value is -0.610. The van der Waals surface area contributed by atoms with Crippen LogP contribution < -0.4 is 5.73 Å². The van der Waals surface area contributed by atoms with Crippen molar-refractivity contribution in [1.29, 1.82) is 0 Å². The summed E-state index contributed by atoms with van der Waals surface area (Å²) >= 11 is 0. The number of rotatable bonds is 2. The number of likely N-dealkylation sites (tertiary alicyclic amines) is 1. The molecule has 0 aromatic rings. The van der Waals surface area contributed by atoms with E-state index in [1.165, 1.54) is 19.3 Å². The summed E-state index contributed by atoms with van der Waals surface area (Å²) in [5.74, 6) is -0.188. The summed E-state index contributed by atoms with van der Waals surface area (Å²) < 4.78 is 0. The molecule has 2 N–H and O–H groups in total. The van der Waals surface area contributed by atoms with Gasteiger partial charge in [-0.05, 0) is 32.9 Å². The maximum Gasteiger partial charge on any atom is 0.231 e. The van der Waals surface area contributed by atoms with Crippen molar-refractivity contribution in [2.75, 3.05) is 26.7 Å². The minimum absolute atomic E-state index is 0.188. The van der Waals surface area contributed by atoms with Crippen LogP contribution in [0.4, 0.5) is 0 Å². The minimum Gasteiger partial charge on any atom is -0.369 e. The van der Waals surface area contributed by atoms with Gasteiger partial charge in [-0.1, -0.05) is 0 Å². The molecule has 0 aliphatic carbocycles. The van der Waals surface area contributed by atoms with Gasteiger partial charge in [0.25, 0.3) is 0 Å². The molecule has 4 nitrogen and oxygen atoms in total. The molecule has 0 aromatic carbocycles. The van der Waals surface area contributed by atoms with E-state index in [1.807, 2.05) is 0 Å². The molecule has 2 aliphatic heterocycles. The van der Waals surface area contributed by atoms with Crippen molar-refractivity contribution < 1.29 is 4.79 Å². The molecule has 2 unspecified atom stereocenters. The first kappa shape index (κ1) is 9.93. The van der Waals surface area contributed by atoms with E-state index in [1.54, 1.807) is 0 Å². The molecule has 4 heteroatoms. The van der Waals surface area contributed by atoms with Crippen LogP contribution in [0.25, 0.3) is 0 Å². The standard InChI is InChI=1S/C10H19N3O/c1-12-5-4-8-2-3-9(6-12)13(8)7-10(11)14/h8-9H,2-7H2,1H3,(H2,11,14). The number of carbonyl (C=O) groups is 1. The maximum atomic E-state index is 10.9. The van der Waals surface area contributed by atoms with Crippen molar-refractivity contribution in [3.05, 3.63) is 0 Å². The summed E-state index contributed by atoms with van der Waals surface area (Å²) in [7, 11) is 2.16. The molecule has 2 rings (SSSR count). The third-order valence-electron chi connectivity index (χ3n) is 3.48. The molecular formula is C10H19N3O. The number of nitrogens with zero attached hydrogens (tertiary/aromatic N) is 2. The lowest BCUT2D eigenvalue weighted by molar-refractivity contribution is -0.119. The number of likely N-dealkylation sites (N-methyl/N-ethyl adjacent to an activating group) is 1. The monoisotopic (exact) mass is 197 g/mol. The van der Waals surface area contributed by atoms with Crippen LogP contribution in [-0.4, -0.2) is 54.5 Å². The Balaban J connectivity index is 2.05. The molecule has 80 valence electrons. The topological polar surface area (TPSA) is 49.6 Å². The minimum atomic E-state index is -0.188. The average molecular weight is 197 g/mol. The Morgan fingerprint density at radius 3 is 2.79 bits per heavy atom. The van der Waals surface area contributed by atoms with Crippen molar-refractivity contribution in [3.8, 4) is 0 Å². The van der Waals surface area contributed by atoms with Gasteiger partial charge >= 0.3 is 0 Å². The molecule has 2 atom stereocenters. The molecule has 2 aliphatic rings. The van der Waals surface area contributed by atoms with E-state index in [9.17, 15) is 4.79 Å². The first-order valence-electron chi connectivity index (χ1n) is 5.39. The van der Waals surface area contributed by atoms with Crippen LogP contribution in [-0.2, 0) is 4.79 Å². The van der Waals surface area contributed by atoms with Crippen LogP contribution in [0.2, 0.25) is 0 Å².